The van der Waals surface area contributed by atoms with E-state index in [0.717, 1.165) is 25.9 Å². The number of likely N-dealkylation sites (tertiary alicyclic amines) is 1. The van der Waals surface area contributed by atoms with Crippen molar-refractivity contribution in [1.29, 1.82) is 0 Å². The van der Waals surface area contributed by atoms with Crippen molar-refractivity contribution in [2.24, 2.45) is 11.7 Å². The van der Waals surface area contributed by atoms with Crippen molar-refractivity contribution >= 4 is 0 Å². The van der Waals surface area contributed by atoms with Crippen LogP contribution >= 0.6 is 0 Å². The predicted octanol–water partition coefficient (Wildman–Crippen LogP) is 2.46. The number of hydrogen-bond donors (Lipinski definition) is 1. The fourth-order valence-electron chi connectivity index (χ4n) is 4.03. The fourth-order valence-corrected chi connectivity index (χ4v) is 4.03. The highest BCUT2D eigenvalue weighted by molar-refractivity contribution is 4.98. The second-order valence-corrected chi connectivity index (χ2v) is 6.92. The third kappa shape index (κ3) is 3.71. The second kappa shape index (κ2) is 6.42. The van der Waals surface area contributed by atoms with Crippen molar-refractivity contribution < 1.29 is 13.2 Å². The normalized spacial score (nSPS) is 35.6. The zero-order valence-electron chi connectivity index (χ0n) is 13.1. The van der Waals surface area contributed by atoms with Gasteiger partial charge in [-0.15, -0.1) is 0 Å². The first-order valence-corrected chi connectivity index (χ1v) is 7.97. The van der Waals surface area contributed by atoms with E-state index in [9.17, 15) is 13.2 Å². The lowest BCUT2D eigenvalue weighted by molar-refractivity contribution is -0.193. The zero-order chi connectivity index (χ0) is 15.7. The van der Waals surface area contributed by atoms with Crippen LogP contribution in [-0.2, 0) is 0 Å². The Morgan fingerprint density at radius 3 is 2.52 bits per heavy atom. The molecular weight excluding hydrogens is 279 g/mol. The van der Waals surface area contributed by atoms with E-state index in [2.05, 4.69) is 16.8 Å². The maximum Gasteiger partial charge on any atom is 0.391 e. The minimum atomic E-state index is -4.09. The third-order valence-electron chi connectivity index (χ3n) is 5.63. The quantitative estimate of drug-likeness (QED) is 0.866. The van der Waals surface area contributed by atoms with Gasteiger partial charge in [0.25, 0.3) is 0 Å². The van der Waals surface area contributed by atoms with Gasteiger partial charge in [0.05, 0.1) is 5.92 Å². The molecule has 1 aliphatic carbocycles. The molecule has 3 unspecified atom stereocenters. The number of nitrogens with zero attached hydrogens (tertiary/aromatic N) is 2. The number of nitrogens with two attached hydrogens (primary N) is 1. The zero-order valence-corrected chi connectivity index (χ0v) is 13.1. The van der Waals surface area contributed by atoms with Crippen LogP contribution in [0.25, 0.3) is 0 Å². The van der Waals surface area contributed by atoms with Crippen molar-refractivity contribution in [2.45, 2.75) is 56.3 Å². The highest BCUT2D eigenvalue weighted by Gasteiger charge is 2.48. The molecule has 3 nitrogen and oxygen atoms in total. The van der Waals surface area contributed by atoms with E-state index in [1.807, 2.05) is 7.05 Å². The van der Waals surface area contributed by atoms with Gasteiger partial charge >= 0.3 is 6.18 Å². The Morgan fingerprint density at radius 1 is 1.29 bits per heavy atom. The molecule has 2 N–H and O–H groups in total. The van der Waals surface area contributed by atoms with Crippen LogP contribution < -0.4 is 5.73 Å². The Labute approximate surface area is 125 Å². The molecule has 2 fully saturated rings. The third-order valence-corrected chi connectivity index (χ3v) is 5.63. The summed E-state index contributed by atoms with van der Waals surface area (Å²) in [5, 5.41) is 0. The summed E-state index contributed by atoms with van der Waals surface area (Å²) < 4.78 is 39.3. The Bertz CT molecular complexity index is 348. The van der Waals surface area contributed by atoms with Crippen LogP contribution in [-0.4, -0.2) is 61.3 Å². The van der Waals surface area contributed by atoms with Gasteiger partial charge in [-0.1, -0.05) is 6.42 Å². The molecular formula is C15H28F3N3. The summed E-state index contributed by atoms with van der Waals surface area (Å²) in [6, 6.07) is 0.449. The van der Waals surface area contributed by atoms with Crippen molar-refractivity contribution in [2.75, 3.05) is 33.7 Å². The summed E-state index contributed by atoms with van der Waals surface area (Å²) in [4.78, 5) is 4.43. The summed E-state index contributed by atoms with van der Waals surface area (Å²) in [5.41, 5.74) is 5.45. The lowest BCUT2D eigenvalue weighted by Gasteiger charge is -2.48. The second-order valence-electron chi connectivity index (χ2n) is 6.92. The predicted molar refractivity (Wildman–Crippen MR) is 78.1 cm³/mol. The van der Waals surface area contributed by atoms with Gasteiger partial charge in [0.2, 0.25) is 0 Å². The summed E-state index contributed by atoms with van der Waals surface area (Å²) in [6.07, 6.45) is 0.0173. The lowest BCUT2D eigenvalue weighted by Crippen LogP contribution is -2.58. The van der Waals surface area contributed by atoms with Gasteiger partial charge < -0.3 is 10.6 Å². The average molecular weight is 307 g/mol. The molecule has 0 radical (unpaired) electrons. The van der Waals surface area contributed by atoms with Gasteiger partial charge in [0, 0.05) is 24.7 Å². The standard InChI is InChI=1S/C15H28F3N3/c1-20-8-4-6-13(20)10-21(2)14(11-19)7-3-5-12(9-14)15(16,17)18/h12-13H,3-11,19H2,1-2H3. The van der Waals surface area contributed by atoms with Crippen LogP contribution in [0.4, 0.5) is 13.2 Å². The van der Waals surface area contributed by atoms with Crippen LogP contribution in [0.3, 0.4) is 0 Å². The molecule has 0 aromatic heterocycles. The van der Waals surface area contributed by atoms with E-state index in [0.29, 0.717) is 19.0 Å². The fraction of sp³-hybridized carbons (Fsp3) is 1.00. The van der Waals surface area contributed by atoms with E-state index in [-0.39, 0.29) is 12.8 Å². The molecule has 3 atom stereocenters. The van der Waals surface area contributed by atoms with Gasteiger partial charge in [-0.2, -0.15) is 13.2 Å². The number of alkyl halides is 3. The molecule has 1 aliphatic heterocycles. The highest BCUT2D eigenvalue weighted by atomic mass is 19.4. The van der Waals surface area contributed by atoms with Crippen molar-refractivity contribution in [1.82, 2.24) is 9.80 Å². The first kappa shape index (κ1) is 17.0. The molecule has 0 bridgehead atoms. The number of hydrogen-bond acceptors (Lipinski definition) is 3. The average Bonchev–Trinajstić information content (AvgIpc) is 2.83. The van der Waals surface area contributed by atoms with Crippen molar-refractivity contribution in [3.63, 3.8) is 0 Å². The minimum Gasteiger partial charge on any atom is -0.329 e. The molecule has 1 saturated carbocycles. The summed E-state index contributed by atoms with van der Waals surface area (Å²) in [6.45, 7) is 2.21. The first-order chi connectivity index (χ1) is 9.78. The maximum atomic E-state index is 13.1. The molecule has 0 amide bonds. The molecule has 6 heteroatoms. The summed E-state index contributed by atoms with van der Waals surface area (Å²) in [7, 11) is 4.05. The van der Waals surface area contributed by atoms with Crippen LogP contribution in [0.15, 0.2) is 0 Å². The molecule has 21 heavy (non-hydrogen) atoms. The van der Waals surface area contributed by atoms with Gasteiger partial charge in [-0.05, 0) is 52.7 Å². The van der Waals surface area contributed by atoms with E-state index >= 15 is 0 Å². The molecule has 2 aliphatic rings. The Hall–Kier alpha value is -0.330. The monoisotopic (exact) mass is 307 g/mol. The number of likely N-dealkylation sites (N-methyl/N-ethyl adjacent to an activating group) is 2. The van der Waals surface area contributed by atoms with Crippen LogP contribution in [0.1, 0.15) is 38.5 Å². The maximum absolute atomic E-state index is 13.1. The topological polar surface area (TPSA) is 32.5 Å². The first-order valence-electron chi connectivity index (χ1n) is 7.97. The Kier molecular flexibility index (Phi) is 5.21. The largest absolute Gasteiger partial charge is 0.391 e. The molecule has 1 heterocycles. The van der Waals surface area contributed by atoms with E-state index in [1.54, 1.807) is 0 Å². The van der Waals surface area contributed by atoms with Gasteiger partial charge in [-0.25, -0.2) is 0 Å². The summed E-state index contributed by atoms with van der Waals surface area (Å²) in [5.74, 6) is -1.20. The Balaban J connectivity index is 2.05. The SMILES string of the molecule is CN1CCCC1CN(C)C1(CN)CCCC(C(F)(F)F)C1. The van der Waals surface area contributed by atoms with Crippen molar-refractivity contribution in [3.8, 4) is 0 Å². The molecule has 124 valence electrons. The van der Waals surface area contributed by atoms with Crippen LogP contribution in [0, 0.1) is 5.92 Å². The van der Waals surface area contributed by atoms with E-state index < -0.39 is 17.6 Å². The highest BCUT2D eigenvalue weighted by Crippen LogP contribution is 2.43. The number of halogens is 3. The molecule has 0 spiro atoms. The van der Waals surface area contributed by atoms with Crippen LogP contribution in [0.2, 0.25) is 0 Å². The van der Waals surface area contributed by atoms with E-state index in [4.69, 9.17) is 5.73 Å². The van der Waals surface area contributed by atoms with Gasteiger partial charge in [-0.3, -0.25) is 4.90 Å². The van der Waals surface area contributed by atoms with Crippen LogP contribution in [0.5, 0.6) is 0 Å². The molecule has 1 saturated heterocycles. The summed E-state index contributed by atoms with van der Waals surface area (Å²) >= 11 is 0. The Morgan fingerprint density at radius 2 is 2.00 bits per heavy atom. The number of rotatable bonds is 4. The molecule has 0 aromatic rings. The van der Waals surface area contributed by atoms with Gasteiger partial charge in [0.1, 0.15) is 0 Å². The molecule has 0 aromatic carbocycles. The lowest BCUT2D eigenvalue weighted by atomic mass is 9.74. The van der Waals surface area contributed by atoms with E-state index in [1.165, 1.54) is 6.42 Å². The smallest absolute Gasteiger partial charge is 0.329 e. The minimum absolute atomic E-state index is 0.153. The molecule has 2 rings (SSSR count). The van der Waals surface area contributed by atoms with Gasteiger partial charge in [0.15, 0.2) is 0 Å². The van der Waals surface area contributed by atoms with Crippen molar-refractivity contribution in [3.05, 3.63) is 0 Å².